The first kappa shape index (κ1) is 12.7. The van der Waals surface area contributed by atoms with Crippen LogP contribution in [0.4, 0.5) is 0 Å². The normalized spacial score (nSPS) is 21.5. The molecular formula is C13H17ClO3. The number of aliphatic hydroxyl groups is 1. The zero-order valence-corrected chi connectivity index (χ0v) is 10.6. The summed E-state index contributed by atoms with van der Waals surface area (Å²) in [6, 6.07) is 5.38. The summed E-state index contributed by atoms with van der Waals surface area (Å²) in [5.74, 6) is 1.13. The van der Waals surface area contributed by atoms with Gasteiger partial charge in [-0.05, 0) is 31.0 Å². The highest BCUT2D eigenvalue weighted by Crippen LogP contribution is 2.28. The zero-order chi connectivity index (χ0) is 12.3. The zero-order valence-electron chi connectivity index (χ0n) is 9.86. The monoisotopic (exact) mass is 256 g/mol. The minimum atomic E-state index is -0.509. The average Bonchev–Trinajstić information content (AvgIpc) is 2.80. The molecule has 0 aromatic heterocycles. The van der Waals surface area contributed by atoms with Crippen LogP contribution in [0, 0.1) is 5.92 Å². The highest BCUT2D eigenvalue weighted by atomic mass is 35.5. The molecule has 1 aromatic carbocycles. The topological polar surface area (TPSA) is 38.7 Å². The first-order valence-corrected chi connectivity index (χ1v) is 6.22. The first-order valence-electron chi connectivity index (χ1n) is 5.85. The van der Waals surface area contributed by atoms with Gasteiger partial charge in [-0.2, -0.15) is 0 Å². The summed E-state index contributed by atoms with van der Waals surface area (Å²) in [5.41, 5.74) is 0.798. The Balaban J connectivity index is 1.96. The molecule has 2 atom stereocenters. The van der Waals surface area contributed by atoms with Crippen LogP contribution in [0.15, 0.2) is 18.2 Å². The minimum absolute atomic E-state index is 0.461. The van der Waals surface area contributed by atoms with Gasteiger partial charge in [-0.3, -0.25) is 0 Å². The largest absolute Gasteiger partial charge is 0.492 e. The smallest absolute Gasteiger partial charge is 0.137 e. The predicted molar refractivity (Wildman–Crippen MR) is 66.5 cm³/mol. The molecule has 2 rings (SSSR count). The fraction of sp³-hybridized carbons (Fsp3) is 0.538. The molecule has 3 nitrogen and oxygen atoms in total. The molecule has 1 saturated heterocycles. The van der Waals surface area contributed by atoms with Gasteiger partial charge < -0.3 is 14.6 Å². The van der Waals surface area contributed by atoms with Crippen LogP contribution in [0.25, 0.3) is 0 Å². The molecule has 94 valence electrons. The molecule has 2 unspecified atom stereocenters. The van der Waals surface area contributed by atoms with Crippen LogP contribution in [0.1, 0.15) is 25.0 Å². The average molecular weight is 257 g/mol. The molecule has 1 heterocycles. The lowest BCUT2D eigenvalue weighted by Crippen LogP contribution is -2.11. The van der Waals surface area contributed by atoms with E-state index in [1.54, 1.807) is 19.1 Å². The van der Waals surface area contributed by atoms with Gasteiger partial charge in [0.25, 0.3) is 0 Å². The molecule has 0 spiro atoms. The molecular weight excluding hydrogens is 240 g/mol. The van der Waals surface area contributed by atoms with Crippen LogP contribution >= 0.6 is 11.6 Å². The SMILES string of the molecule is CC(O)c1ccc(OCC2CCOC2)c(Cl)c1. The number of rotatable bonds is 4. The van der Waals surface area contributed by atoms with Crippen molar-refractivity contribution in [3.8, 4) is 5.75 Å². The van der Waals surface area contributed by atoms with Gasteiger partial charge in [-0.15, -0.1) is 0 Å². The summed E-state index contributed by atoms with van der Waals surface area (Å²) in [7, 11) is 0. The second-order valence-corrected chi connectivity index (χ2v) is 4.81. The number of ether oxygens (including phenoxy) is 2. The Labute approximate surface area is 106 Å². The van der Waals surface area contributed by atoms with Gasteiger partial charge in [0.05, 0.1) is 24.3 Å². The van der Waals surface area contributed by atoms with Gasteiger partial charge in [0.2, 0.25) is 0 Å². The Bertz CT molecular complexity index is 373. The summed E-state index contributed by atoms with van der Waals surface area (Å²) >= 11 is 6.09. The summed E-state index contributed by atoms with van der Waals surface area (Å²) < 4.78 is 10.9. The second-order valence-electron chi connectivity index (χ2n) is 4.41. The third-order valence-electron chi connectivity index (χ3n) is 2.94. The summed E-state index contributed by atoms with van der Waals surface area (Å²) in [6.07, 6.45) is 0.536. The lowest BCUT2D eigenvalue weighted by atomic mass is 10.1. The van der Waals surface area contributed by atoms with E-state index in [0.717, 1.165) is 25.2 Å². The highest BCUT2D eigenvalue weighted by Gasteiger charge is 2.17. The molecule has 0 amide bonds. The van der Waals surface area contributed by atoms with E-state index in [1.807, 2.05) is 6.07 Å². The number of hydrogen-bond acceptors (Lipinski definition) is 3. The number of aliphatic hydroxyl groups excluding tert-OH is 1. The van der Waals surface area contributed by atoms with Gasteiger partial charge in [0.15, 0.2) is 0 Å². The maximum atomic E-state index is 9.43. The van der Waals surface area contributed by atoms with E-state index in [-0.39, 0.29) is 0 Å². The molecule has 0 bridgehead atoms. The number of hydrogen-bond donors (Lipinski definition) is 1. The first-order chi connectivity index (χ1) is 8.16. The van der Waals surface area contributed by atoms with Crippen molar-refractivity contribution in [2.24, 2.45) is 5.92 Å². The van der Waals surface area contributed by atoms with Crippen LogP contribution in [-0.4, -0.2) is 24.9 Å². The van der Waals surface area contributed by atoms with Crippen molar-refractivity contribution in [3.05, 3.63) is 28.8 Å². The van der Waals surface area contributed by atoms with Crippen LogP contribution < -0.4 is 4.74 Å². The van der Waals surface area contributed by atoms with Crippen molar-refractivity contribution in [1.29, 1.82) is 0 Å². The summed E-state index contributed by atoms with van der Waals surface area (Å²) in [6.45, 7) is 3.93. The van der Waals surface area contributed by atoms with E-state index < -0.39 is 6.10 Å². The van der Waals surface area contributed by atoms with Crippen molar-refractivity contribution < 1.29 is 14.6 Å². The molecule has 1 aliphatic heterocycles. The third-order valence-corrected chi connectivity index (χ3v) is 3.23. The van der Waals surface area contributed by atoms with Gasteiger partial charge in [-0.25, -0.2) is 0 Å². The van der Waals surface area contributed by atoms with Gasteiger partial charge >= 0.3 is 0 Å². The molecule has 0 radical (unpaired) electrons. The fourth-order valence-corrected chi connectivity index (χ4v) is 2.06. The van der Waals surface area contributed by atoms with E-state index in [2.05, 4.69) is 0 Å². The van der Waals surface area contributed by atoms with Gasteiger partial charge in [-0.1, -0.05) is 17.7 Å². The predicted octanol–water partition coefficient (Wildman–Crippen LogP) is 2.81. The van der Waals surface area contributed by atoms with Crippen molar-refractivity contribution in [3.63, 3.8) is 0 Å². The Morgan fingerprint density at radius 2 is 2.41 bits per heavy atom. The quantitative estimate of drug-likeness (QED) is 0.900. The highest BCUT2D eigenvalue weighted by molar-refractivity contribution is 6.32. The molecule has 17 heavy (non-hydrogen) atoms. The molecule has 1 aliphatic rings. The van der Waals surface area contributed by atoms with E-state index in [4.69, 9.17) is 21.1 Å². The Hall–Kier alpha value is -0.770. The van der Waals surface area contributed by atoms with Gasteiger partial charge in [0.1, 0.15) is 5.75 Å². The third kappa shape index (κ3) is 3.35. The standard InChI is InChI=1S/C13H17ClO3/c1-9(15)11-2-3-13(12(14)6-11)17-8-10-4-5-16-7-10/h2-3,6,9-10,15H,4-5,7-8H2,1H3. The lowest BCUT2D eigenvalue weighted by Gasteiger charge is -2.13. The van der Waals surface area contributed by atoms with Crippen molar-refractivity contribution >= 4 is 11.6 Å². The van der Waals surface area contributed by atoms with Gasteiger partial charge in [0, 0.05) is 12.5 Å². The van der Waals surface area contributed by atoms with Crippen molar-refractivity contribution in [2.45, 2.75) is 19.4 Å². The van der Waals surface area contributed by atoms with E-state index in [1.165, 1.54) is 0 Å². The second kappa shape index (κ2) is 5.71. The van der Waals surface area contributed by atoms with Crippen LogP contribution in [0.3, 0.4) is 0 Å². The van der Waals surface area contributed by atoms with Crippen LogP contribution in [0.2, 0.25) is 5.02 Å². The summed E-state index contributed by atoms with van der Waals surface area (Å²) in [4.78, 5) is 0. The number of halogens is 1. The summed E-state index contributed by atoms with van der Waals surface area (Å²) in [5, 5.41) is 9.97. The van der Waals surface area contributed by atoms with E-state index >= 15 is 0 Å². The van der Waals surface area contributed by atoms with Crippen molar-refractivity contribution in [2.75, 3.05) is 19.8 Å². The Morgan fingerprint density at radius 3 is 3.00 bits per heavy atom. The minimum Gasteiger partial charge on any atom is -0.492 e. The van der Waals surface area contributed by atoms with E-state index in [9.17, 15) is 5.11 Å². The van der Waals surface area contributed by atoms with Crippen LogP contribution in [-0.2, 0) is 4.74 Å². The maximum absolute atomic E-state index is 9.43. The van der Waals surface area contributed by atoms with Crippen LogP contribution in [0.5, 0.6) is 5.75 Å². The molecule has 4 heteroatoms. The Kier molecular flexibility index (Phi) is 4.26. The molecule has 0 saturated carbocycles. The molecule has 0 aliphatic carbocycles. The number of benzene rings is 1. The maximum Gasteiger partial charge on any atom is 0.137 e. The van der Waals surface area contributed by atoms with Crippen molar-refractivity contribution in [1.82, 2.24) is 0 Å². The molecule has 1 N–H and O–H groups in total. The fourth-order valence-electron chi connectivity index (χ4n) is 1.82. The molecule has 1 aromatic rings. The Morgan fingerprint density at radius 1 is 1.59 bits per heavy atom. The molecule has 1 fully saturated rings. The van der Waals surface area contributed by atoms with E-state index in [0.29, 0.717) is 23.3 Å². The lowest BCUT2D eigenvalue weighted by molar-refractivity contribution is 0.167.